The highest BCUT2D eigenvalue weighted by atomic mass is 32.1. The molecular weight excluding hydrogens is 298 g/mol. The summed E-state index contributed by atoms with van der Waals surface area (Å²) in [6.07, 6.45) is 3.22. The minimum atomic E-state index is -0.0498. The first-order valence-electron chi connectivity index (χ1n) is 7.00. The van der Waals surface area contributed by atoms with Gasteiger partial charge in [0.1, 0.15) is 0 Å². The molecule has 1 N–H and O–H groups in total. The van der Waals surface area contributed by atoms with Crippen LogP contribution in [-0.2, 0) is 11.3 Å². The molecule has 0 bridgehead atoms. The van der Waals surface area contributed by atoms with E-state index in [1.165, 1.54) is 13.2 Å². The van der Waals surface area contributed by atoms with Gasteiger partial charge in [-0.15, -0.1) is 11.3 Å². The molecule has 116 valence electrons. The van der Waals surface area contributed by atoms with Crippen molar-refractivity contribution in [2.24, 2.45) is 0 Å². The van der Waals surface area contributed by atoms with Crippen LogP contribution in [-0.4, -0.2) is 29.6 Å². The molecule has 1 aromatic carbocycles. The fourth-order valence-corrected chi connectivity index (χ4v) is 2.74. The lowest BCUT2D eigenvalue weighted by Gasteiger charge is -2.18. The molecule has 5 heteroatoms. The average Bonchev–Trinajstić information content (AvgIpc) is 3.03. The maximum absolute atomic E-state index is 12.2. The Labute approximate surface area is 134 Å². The molecule has 0 fully saturated rings. The average molecular weight is 317 g/mol. The Kier molecular flexibility index (Phi) is 5.61. The minimum Gasteiger partial charge on any atom is -0.504 e. The molecule has 0 spiro atoms. The Bertz CT molecular complexity index is 650. The number of phenols is 1. The number of benzene rings is 1. The number of methoxy groups -OCH3 is 1. The van der Waals surface area contributed by atoms with Crippen LogP contribution in [0.25, 0.3) is 6.08 Å². The number of ether oxygens (including phenoxy) is 1. The summed E-state index contributed by atoms with van der Waals surface area (Å²) in [6.45, 7) is 3.22. The van der Waals surface area contributed by atoms with Crippen molar-refractivity contribution in [3.05, 3.63) is 52.2 Å². The molecule has 0 aliphatic rings. The second-order valence-electron chi connectivity index (χ2n) is 4.70. The molecule has 2 rings (SSSR count). The topological polar surface area (TPSA) is 49.8 Å². The Balaban J connectivity index is 2.04. The second-order valence-corrected chi connectivity index (χ2v) is 5.73. The van der Waals surface area contributed by atoms with E-state index >= 15 is 0 Å². The largest absolute Gasteiger partial charge is 0.504 e. The molecule has 1 heterocycles. The summed E-state index contributed by atoms with van der Waals surface area (Å²) in [5.74, 6) is 0.422. The zero-order valence-electron chi connectivity index (χ0n) is 12.7. The van der Waals surface area contributed by atoms with Crippen LogP contribution in [0.5, 0.6) is 11.5 Å². The predicted octanol–water partition coefficient (Wildman–Crippen LogP) is 3.52. The van der Waals surface area contributed by atoms with Crippen molar-refractivity contribution in [2.75, 3.05) is 13.7 Å². The highest BCUT2D eigenvalue weighted by molar-refractivity contribution is 7.09. The molecule has 2 aromatic rings. The van der Waals surface area contributed by atoms with Crippen LogP contribution < -0.4 is 4.74 Å². The van der Waals surface area contributed by atoms with Crippen LogP contribution in [0.4, 0.5) is 0 Å². The van der Waals surface area contributed by atoms with Crippen LogP contribution in [0.3, 0.4) is 0 Å². The van der Waals surface area contributed by atoms with Crippen molar-refractivity contribution in [3.63, 3.8) is 0 Å². The molecule has 0 aliphatic carbocycles. The number of carbonyl (C=O) groups excluding carboxylic acids is 1. The van der Waals surface area contributed by atoms with Crippen LogP contribution >= 0.6 is 11.3 Å². The summed E-state index contributed by atoms with van der Waals surface area (Å²) in [6, 6.07) is 9.03. The van der Waals surface area contributed by atoms with E-state index in [-0.39, 0.29) is 11.7 Å². The van der Waals surface area contributed by atoms with Crippen LogP contribution in [0, 0.1) is 0 Å². The number of hydrogen-bond acceptors (Lipinski definition) is 4. The number of hydrogen-bond donors (Lipinski definition) is 1. The van der Waals surface area contributed by atoms with Gasteiger partial charge in [-0.1, -0.05) is 12.1 Å². The number of thiophene rings is 1. The second kappa shape index (κ2) is 7.66. The summed E-state index contributed by atoms with van der Waals surface area (Å²) >= 11 is 1.64. The zero-order valence-corrected chi connectivity index (χ0v) is 13.5. The minimum absolute atomic E-state index is 0.0498. The van der Waals surface area contributed by atoms with Gasteiger partial charge in [-0.05, 0) is 42.1 Å². The number of rotatable bonds is 6. The maximum atomic E-state index is 12.2. The van der Waals surface area contributed by atoms with E-state index in [1.54, 1.807) is 40.5 Å². The van der Waals surface area contributed by atoms with E-state index in [0.717, 1.165) is 10.4 Å². The number of carbonyl (C=O) groups is 1. The van der Waals surface area contributed by atoms with E-state index in [2.05, 4.69) is 0 Å². The van der Waals surface area contributed by atoms with Gasteiger partial charge in [0.2, 0.25) is 5.91 Å². The van der Waals surface area contributed by atoms with Crippen LogP contribution in [0.1, 0.15) is 17.4 Å². The van der Waals surface area contributed by atoms with Gasteiger partial charge >= 0.3 is 0 Å². The van der Waals surface area contributed by atoms with Crippen molar-refractivity contribution in [2.45, 2.75) is 13.5 Å². The van der Waals surface area contributed by atoms with E-state index in [9.17, 15) is 9.90 Å². The number of likely N-dealkylation sites (N-methyl/N-ethyl adjacent to an activating group) is 1. The molecule has 1 amide bonds. The molecule has 22 heavy (non-hydrogen) atoms. The summed E-state index contributed by atoms with van der Waals surface area (Å²) in [5, 5.41) is 11.7. The maximum Gasteiger partial charge on any atom is 0.246 e. The lowest BCUT2D eigenvalue weighted by Crippen LogP contribution is -2.28. The molecule has 1 aromatic heterocycles. The highest BCUT2D eigenvalue weighted by Gasteiger charge is 2.09. The van der Waals surface area contributed by atoms with Crippen molar-refractivity contribution >= 4 is 23.3 Å². The van der Waals surface area contributed by atoms with E-state index in [1.807, 2.05) is 24.4 Å². The summed E-state index contributed by atoms with van der Waals surface area (Å²) < 4.78 is 4.99. The van der Waals surface area contributed by atoms with Crippen molar-refractivity contribution in [3.8, 4) is 11.5 Å². The Morgan fingerprint density at radius 1 is 1.41 bits per heavy atom. The fraction of sp³-hybridized carbons (Fsp3) is 0.235. The molecule has 0 unspecified atom stereocenters. The summed E-state index contributed by atoms with van der Waals surface area (Å²) in [7, 11) is 1.50. The predicted molar refractivity (Wildman–Crippen MR) is 89.1 cm³/mol. The molecule has 0 atom stereocenters. The van der Waals surface area contributed by atoms with Gasteiger partial charge in [-0.3, -0.25) is 4.79 Å². The van der Waals surface area contributed by atoms with E-state index in [4.69, 9.17) is 4.74 Å². The molecular formula is C17H19NO3S. The molecule has 4 nitrogen and oxygen atoms in total. The third-order valence-corrected chi connectivity index (χ3v) is 4.10. The van der Waals surface area contributed by atoms with E-state index in [0.29, 0.717) is 18.8 Å². The van der Waals surface area contributed by atoms with Gasteiger partial charge in [0.25, 0.3) is 0 Å². The number of amides is 1. The van der Waals surface area contributed by atoms with Gasteiger partial charge < -0.3 is 14.7 Å². The van der Waals surface area contributed by atoms with Crippen LogP contribution in [0.2, 0.25) is 0 Å². The van der Waals surface area contributed by atoms with Gasteiger partial charge in [0.15, 0.2) is 11.5 Å². The first kappa shape index (κ1) is 16.1. The third-order valence-electron chi connectivity index (χ3n) is 3.24. The van der Waals surface area contributed by atoms with E-state index < -0.39 is 0 Å². The van der Waals surface area contributed by atoms with Crippen molar-refractivity contribution in [1.82, 2.24) is 4.90 Å². The quantitative estimate of drug-likeness (QED) is 0.829. The molecule has 0 saturated heterocycles. The molecule has 0 aliphatic heterocycles. The monoisotopic (exact) mass is 317 g/mol. The normalized spacial score (nSPS) is 10.8. The summed E-state index contributed by atoms with van der Waals surface area (Å²) in [5.41, 5.74) is 0.749. The van der Waals surface area contributed by atoms with Gasteiger partial charge in [-0.2, -0.15) is 0 Å². The smallest absolute Gasteiger partial charge is 0.246 e. The number of nitrogens with zero attached hydrogens (tertiary/aromatic N) is 1. The van der Waals surface area contributed by atoms with Gasteiger partial charge in [0, 0.05) is 17.5 Å². The molecule has 0 radical (unpaired) electrons. The first-order chi connectivity index (χ1) is 10.6. The Morgan fingerprint density at radius 2 is 2.23 bits per heavy atom. The third kappa shape index (κ3) is 4.11. The van der Waals surface area contributed by atoms with Crippen molar-refractivity contribution < 1.29 is 14.6 Å². The SMILES string of the molecule is CCN(Cc1cccs1)C(=O)/C=C/c1ccc(OC)c(O)c1. The standard InChI is InChI=1S/C17H19NO3S/c1-3-18(12-14-5-4-10-22-14)17(20)9-7-13-6-8-16(21-2)15(19)11-13/h4-11,19H,3,12H2,1-2H3/b9-7+. The van der Waals surface area contributed by atoms with Gasteiger partial charge in [0.05, 0.1) is 13.7 Å². The first-order valence-corrected chi connectivity index (χ1v) is 7.88. The summed E-state index contributed by atoms with van der Waals surface area (Å²) in [4.78, 5) is 15.2. The zero-order chi connectivity index (χ0) is 15.9. The highest BCUT2D eigenvalue weighted by Crippen LogP contribution is 2.26. The Morgan fingerprint density at radius 3 is 2.82 bits per heavy atom. The molecule has 0 saturated carbocycles. The number of aromatic hydroxyl groups is 1. The Hall–Kier alpha value is -2.27. The van der Waals surface area contributed by atoms with Crippen LogP contribution in [0.15, 0.2) is 41.8 Å². The van der Waals surface area contributed by atoms with Gasteiger partial charge in [-0.25, -0.2) is 0 Å². The lowest BCUT2D eigenvalue weighted by molar-refractivity contribution is -0.126. The lowest BCUT2D eigenvalue weighted by atomic mass is 10.2. The van der Waals surface area contributed by atoms with Crippen molar-refractivity contribution in [1.29, 1.82) is 0 Å². The fourth-order valence-electron chi connectivity index (χ4n) is 2.02. The number of phenolic OH excluding ortho intramolecular Hbond substituents is 1.